The van der Waals surface area contributed by atoms with Crippen LogP contribution in [0.5, 0.6) is 5.88 Å². The van der Waals surface area contributed by atoms with Crippen molar-refractivity contribution in [1.82, 2.24) is 19.9 Å². The van der Waals surface area contributed by atoms with E-state index in [1.165, 1.54) is 25.6 Å². The van der Waals surface area contributed by atoms with E-state index in [0.29, 0.717) is 6.54 Å². The Bertz CT molecular complexity index is 633. The van der Waals surface area contributed by atoms with E-state index in [1.54, 1.807) is 6.92 Å². The maximum absolute atomic E-state index is 12.9. The van der Waals surface area contributed by atoms with Crippen LogP contribution < -0.4 is 10.1 Å². The van der Waals surface area contributed by atoms with Crippen molar-refractivity contribution in [3.8, 4) is 17.3 Å². The van der Waals surface area contributed by atoms with Crippen LogP contribution in [0.1, 0.15) is 12.7 Å². The minimum atomic E-state index is -4.66. The summed E-state index contributed by atoms with van der Waals surface area (Å²) < 4.78 is 43.6. The third-order valence-corrected chi connectivity index (χ3v) is 2.44. The van der Waals surface area contributed by atoms with E-state index in [9.17, 15) is 13.2 Å². The first-order valence-corrected chi connectivity index (χ1v) is 6.01. The zero-order chi connectivity index (χ0) is 15.5. The van der Waals surface area contributed by atoms with Gasteiger partial charge in [-0.25, -0.2) is 19.9 Å². The average molecular weight is 299 g/mol. The van der Waals surface area contributed by atoms with Gasteiger partial charge < -0.3 is 10.1 Å². The number of anilines is 1. The molecule has 0 aliphatic rings. The molecular formula is C12H12F3N5O. The second-order valence-corrected chi connectivity index (χ2v) is 3.90. The highest BCUT2D eigenvalue weighted by molar-refractivity contribution is 5.63. The highest BCUT2D eigenvalue weighted by Crippen LogP contribution is 2.31. The maximum atomic E-state index is 12.9. The van der Waals surface area contributed by atoms with Gasteiger partial charge in [0, 0.05) is 25.0 Å². The zero-order valence-electron chi connectivity index (χ0n) is 11.3. The van der Waals surface area contributed by atoms with Gasteiger partial charge in [0.15, 0.2) is 5.69 Å². The van der Waals surface area contributed by atoms with Crippen LogP contribution in [0.15, 0.2) is 18.5 Å². The molecule has 0 bridgehead atoms. The van der Waals surface area contributed by atoms with Gasteiger partial charge in [0.1, 0.15) is 11.5 Å². The Balaban J connectivity index is 2.59. The van der Waals surface area contributed by atoms with Gasteiger partial charge >= 0.3 is 6.18 Å². The van der Waals surface area contributed by atoms with E-state index in [4.69, 9.17) is 4.74 Å². The maximum Gasteiger partial charge on any atom is 0.451 e. The first-order valence-electron chi connectivity index (χ1n) is 6.01. The standard InChI is InChI=1S/C12H12F3N5O/c1-3-16-8-6-7(19-11(20-8)12(13,14)15)9-10(21-2)18-5-4-17-9/h4-6H,3H2,1-2H3,(H,16,19,20). The molecule has 2 heterocycles. The van der Waals surface area contributed by atoms with Crippen LogP contribution in [0.3, 0.4) is 0 Å². The van der Waals surface area contributed by atoms with Crippen molar-refractivity contribution < 1.29 is 17.9 Å². The minimum Gasteiger partial charge on any atom is -0.479 e. The summed E-state index contributed by atoms with van der Waals surface area (Å²) >= 11 is 0. The number of nitrogens with zero attached hydrogens (tertiary/aromatic N) is 4. The fourth-order valence-corrected chi connectivity index (χ4v) is 1.62. The molecule has 0 aromatic carbocycles. The fraction of sp³-hybridized carbons (Fsp3) is 0.333. The van der Waals surface area contributed by atoms with Crippen LogP contribution in [0, 0.1) is 0 Å². The number of halogens is 3. The van der Waals surface area contributed by atoms with E-state index in [1.807, 2.05) is 0 Å². The number of nitrogens with one attached hydrogen (secondary N) is 1. The molecule has 0 atom stereocenters. The summed E-state index contributed by atoms with van der Waals surface area (Å²) in [5.41, 5.74) is 0.102. The molecule has 2 aromatic rings. The molecule has 6 nitrogen and oxygen atoms in total. The summed E-state index contributed by atoms with van der Waals surface area (Å²) in [6, 6.07) is 1.37. The molecule has 0 amide bonds. The van der Waals surface area contributed by atoms with Crippen LogP contribution in [0.4, 0.5) is 19.0 Å². The number of aromatic nitrogens is 4. The fourth-order valence-electron chi connectivity index (χ4n) is 1.62. The first-order chi connectivity index (χ1) is 9.95. The summed E-state index contributed by atoms with van der Waals surface area (Å²) in [5, 5.41) is 2.73. The van der Waals surface area contributed by atoms with Crippen LogP contribution in [-0.4, -0.2) is 33.6 Å². The topological polar surface area (TPSA) is 72.8 Å². The van der Waals surface area contributed by atoms with Crippen LogP contribution in [0.2, 0.25) is 0 Å². The van der Waals surface area contributed by atoms with Crippen molar-refractivity contribution in [2.24, 2.45) is 0 Å². The summed E-state index contributed by atoms with van der Waals surface area (Å²) in [4.78, 5) is 14.8. The summed E-state index contributed by atoms with van der Waals surface area (Å²) in [6.45, 7) is 2.17. The third-order valence-electron chi connectivity index (χ3n) is 2.44. The van der Waals surface area contributed by atoms with Gasteiger partial charge in [-0.3, -0.25) is 0 Å². The van der Waals surface area contributed by atoms with E-state index in [-0.39, 0.29) is 23.1 Å². The van der Waals surface area contributed by atoms with Crippen molar-refractivity contribution in [2.45, 2.75) is 13.1 Å². The second-order valence-electron chi connectivity index (χ2n) is 3.90. The van der Waals surface area contributed by atoms with Crippen LogP contribution >= 0.6 is 0 Å². The van der Waals surface area contributed by atoms with Gasteiger partial charge in [-0.2, -0.15) is 13.2 Å². The highest BCUT2D eigenvalue weighted by atomic mass is 19.4. The molecule has 9 heteroatoms. The summed E-state index contributed by atoms with van der Waals surface area (Å²) in [7, 11) is 1.35. The lowest BCUT2D eigenvalue weighted by atomic mass is 10.2. The lowest BCUT2D eigenvalue weighted by Gasteiger charge is -2.11. The molecule has 0 saturated heterocycles. The van der Waals surface area contributed by atoms with Gasteiger partial charge in [-0.15, -0.1) is 0 Å². The average Bonchev–Trinajstić information content (AvgIpc) is 2.46. The molecule has 0 aliphatic heterocycles. The number of methoxy groups -OCH3 is 1. The Morgan fingerprint density at radius 1 is 1.19 bits per heavy atom. The van der Waals surface area contributed by atoms with E-state index in [0.717, 1.165) is 0 Å². The molecule has 0 radical (unpaired) electrons. The van der Waals surface area contributed by atoms with E-state index < -0.39 is 12.0 Å². The number of ether oxygens (including phenoxy) is 1. The van der Waals surface area contributed by atoms with Crippen molar-refractivity contribution in [3.05, 3.63) is 24.3 Å². The van der Waals surface area contributed by atoms with Gasteiger partial charge in [0.25, 0.3) is 0 Å². The lowest BCUT2D eigenvalue weighted by Crippen LogP contribution is -2.14. The monoisotopic (exact) mass is 299 g/mol. The number of alkyl halides is 3. The van der Waals surface area contributed by atoms with Gasteiger partial charge in [0.2, 0.25) is 11.7 Å². The SMILES string of the molecule is CCNc1cc(-c2nccnc2OC)nc(C(F)(F)F)n1. The largest absolute Gasteiger partial charge is 0.479 e. The summed E-state index contributed by atoms with van der Waals surface area (Å²) in [5.74, 6) is -1.10. The summed E-state index contributed by atoms with van der Waals surface area (Å²) in [6.07, 6.45) is -1.94. The Morgan fingerprint density at radius 3 is 2.52 bits per heavy atom. The van der Waals surface area contributed by atoms with E-state index in [2.05, 4.69) is 25.3 Å². The molecule has 2 rings (SSSR count). The number of hydrogen-bond acceptors (Lipinski definition) is 6. The molecular weight excluding hydrogens is 287 g/mol. The predicted molar refractivity (Wildman–Crippen MR) is 68.8 cm³/mol. The number of hydrogen-bond donors (Lipinski definition) is 1. The Morgan fingerprint density at radius 2 is 1.90 bits per heavy atom. The Kier molecular flexibility index (Phi) is 4.20. The molecule has 0 unspecified atom stereocenters. The van der Waals surface area contributed by atoms with Crippen LogP contribution in [0.25, 0.3) is 11.4 Å². The van der Waals surface area contributed by atoms with Gasteiger partial charge in [-0.05, 0) is 6.92 Å². The van der Waals surface area contributed by atoms with Crippen LogP contribution in [-0.2, 0) is 6.18 Å². The molecule has 112 valence electrons. The number of rotatable bonds is 4. The molecule has 0 saturated carbocycles. The zero-order valence-corrected chi connectivity index (χ0v) is 11.3. The van der Waals surface area contributed by atoms with Gasteiger partial charge in [-0.1, -0.05) is 0 Å². The molecule has 0 fully saturated rings. The Hall–Kier alpha value is -2.45. The molecule has 2 aromatic heterocycles. The van der Waals surface area contributed by atoms with Crippen molar-refractivity contribution in [3.63, 3.8) is 0 Å². The first kappa shape index (κ1) is 14.9. The minimum absolute atomic E-state index is 0.0155. The highest BCUT2D eigenvalue weighted by Gasteiger charge is 2.35. The second kappa shape index (κ2) is 5.90. The van der Waals surface area contributed by atoms with E-state index >= 15 is 0 Å². The third kappa shape index (κ3) is 3.36. The van der Waals surface area contributed by atoms with Crippen molar-refractivity contribution >= 4 is 5.82 Å². The van der Waals surface area contributed by atoms with Crippen molar-refractivity contribution in [2.75, 3.05) is 19.0 Å². The smallest absolute Gasteiger partial charge is 0.451 e. The Labute approximate surface area is 118 Å². The molecule has 0 spiro atoms. The molecule has 1 N–H and O–H groups in total. The quantitative estimate of drug-likeness (QED) is 0.934. The molecule has 0 aliphatic carbocycles. The normalized spacial score (nSPS) is 11.3. The van der Waals surface area contributed by atoms with Crippen molar-refractivity contribution in [1.29, 1.82) is 0 Å². The van der Waals surface area contributed by atoms with Gasteiger partial charge in [0.05, 0.1) is 7.11 Å². The lowest BCUT2D eigenvalue weighted by molar-refractivity contribution is -0.144. The predicted octanol–water partition coefficient (Wildman–Crippen LogP) is 2.39. The molecule has 21 heavy (non-hydrogen) atoms.